The number of aliphatic hydroxyl groups is 2. The van der Waals surface area contributed by atoms with Crippen LogP contribution in [0.4, 0.5) is 4.39 Å². The van der Waals surface area contributed by atoms with Crippen molar-refractivity contribution >= 4 is 17.5 Å². The van der Waals surface area contributed by atoms with Crippen LogP contribution in [0.2, 0.25) is 5.02 Å². The number of amides is 1. The van der Waals surface area contributed by atoms with Crippen LogP contribution in [0.5, 0.6) is 0 Å². The molecule has 0 radical (unpaired) electrons. The van der Waals surface area contributed by atoms with Crippen LogP contribution in [-0.2, 0) is 25.5 Å². The first-order valence-corrected chi connectivity index (χ1v) is 13.3. The largest absolute Gasteiger partial charge is 0.391 e. The Morgan fingerprint density at radius 2 is 2.11 bits per heavy atom. The van der Waals surface area contributed by atoms with Crippen LogP contribution in [0.1, 0.15) is 43.2 Å². The van der Waals surface area contributed by atoms with E-state index in [4.69, 9.17) is 26.8 Å². The van der Waals surface area contributed by atoms with E-state index in [1.165, 1.54) is 6.07 Å². The van der Waals surface area contributed by atoms with Crippen LogP contribution < -0.4 is 5.73 Å². The van der Waals surface area contributed by atoms with Crippen LogP contribution in [0, 0.1) is 11.7 Å². The second-order valence-corrected chi connectivity index (χ2v) is 10.9. The van der Waals surface area contributed by atoms with Crippen LogP contribution in [0.3, 0.4) is 0 Å². The summed E-state index contributed by atoms with van der Waals surface area (Å²) in [5.74, 6) is -0.921. The molecule has 7 nitrogen and oxygen atoms in total. The third-order valence-corrected chi connectivity index (χ3v) is 8.52. The predicted molar refractivity (Wildman–Crippen MR) is 137 cm³/mol. The highest BCUT2D eigenvalue weighted by Gasteiger charge is 2.66. The molecule has 1 heterocycles. The molecule has 1 amide bonds. The summed E-state index contributed by atoms with van der Waals surface area (Å²) in [5.41, 5.74) is 5.29. The van der Waals surface area contributed by atoms with Crippen molar-refractivity contribution in [2.45, 2.75) is 55.5 Å². The third-order valence-electron chi connectivity index (χ3n) is 8.28. The van der Waals surface area contributed by atoms with Gasteiger partial charge in [0, 0.05) is 48.4 Å². The number of fused-ring (bicyclic) bond motifs is 2. The van der Waals surface area contributed by atoms with Gasteiger partial charge in [0.15, 0.2) is 0 Å². The number of hydrogen-bond donors (Lipinski definition) is 3. The number of carbonyl (C=O) groups is 1. The van der Waals surface area contributed by atoms with Crippen molar-refractivity contribution in [2.24, 2.45) is 11.7 Å². The van der Waals surface area contributed by atoms with Crippen LogP contribution in [0.25, 0.3) is 11.1 Å². The minimum Gasteiger partial charge on any atom is -0.391 e. The molecule has 2 fully saturated rings. The maximum Gasteiger partial charge on any atom is 0.226 e. The fourth-order valence-corrected chi connectivity index (χ4v) is 6.61. The molecule has 3 aliphatic rings. The average molecular weight is 533 g/mol. The Labute approximate surface area is 221 Å². The highest BCUT2D eigenvalue weighted by molar-refractivity contribution is 6.30. The van der Waals surface area contributed by atoms with Gasteiger partial charge in [-0.15, -0.1) is 0 Å². The molecule has 1 saturated heterocycles. The zero-order valence-electron chi connectivity index (χ0n) is 21.0. The van der Waals surface area contributed by atoms with Crippen molar-refractivity contribution < 1.29 is 28.9 Å². The lowest BCUT2D eigenvalue weighted by molar-refractivity contribution is -0.256. The molecule has 1 spiro atoms. The van der Waals surface area contributed by atoms with Crippen LogP contribution >= 0.6 is 11.6 Å². The fraction of sp³-hybridized carbons (Fsp3) is 0.536. The molecule has 5 atom stereocenters. The number of nitrogens with two attached hydrogens (primary N) is 1. The highest BCUT2D eigenvalue weighted by atomic mass is 35.5. The van der Waals surface area contributed by atoms with E-state index in [-0.39, 0.29) is 25.0 Å². The standard InChI is InChI=1S/C28H34ClFN2O5/c1-36-11-3-2-9-27(35)25-20(7-8-21(30)24(25)17-5-4-6-19(29)13-17)28(27)16-32(10-12-37-28)26(34)18-14-22(31)23(33)15-18/h4-8,13,18,22-23,33,35H,2-3,9-12,14-16,31H2,1H3/t18-,22+,23-,27+,28-/m0/s1. The summed E-state index contributed by atoms with van der Waals surface area (Å²) in [4.78, 5) is 15.2. The molecule has 0 bridgehead atoms. The van der Waals surface area contributed by atoms with Gasteiger partial charge in [-0.1, -0.05) is 29.8 Å². The number of methoxy groups -OCH3 is 1. The Balaban J connectivity index is 1.54. The Morgan fingerprint density at radius 3 is 2.81 bits per heavy atom. The molecule has 5 rings (SSSR count). The van der Waals surface area contributed by atoms with E-state index in [1.807, 2.05) is 0 Å². The van der Waals surface area contributed by atoms with Gasteiger partial charge in [-0.2, -0.15) is 0 Å². The summed E-state index contributed by atoms with van der Waals surface area (Å²) in [5, 5.41) is 22.9. The Kier molecular flexibility index (Phi) is 7.35. The molecule has 1 saturated carbocycles. The highest BCUT2D eigenvalue weighted by Crippen LogP contribution is 2.62. The summed E-state index contributed by atoms with van der Waals surface area (Å²) < 4.78 is 26.9. The van der Waals surface area contributed by atoms with Crippen molar-refractivity contribution in [1.82, 2.24) is 4.90 Å². The summed E-state index contributed by atoms with van der Waals surface area (Å²) in [6.45, 7) is 1.29. The molecule has 9 heteroatoms. The normalized spacial score (nSPS) is 30.9. The van der Waals surface area contributed by atoms with E-state index >= 15 is 4.39 Å². The van der Waals surface area contributed by atoms with Crippen molar-refractivity contribution in [2.75, 3.05) is 33.4 Å². The second-order valence-electron chi connectivity index (χ2n) is 10.5. The molecule has 37 heavy (non-hydrogen) atoms. The summed E-state index contributed by atoms with van der Waals surface area (Å²) in [6, 6.07) is 9.55. The van der Waals surface area contributed by atoms with Gasteiger partial charge in [0.2, 0.25) is 5.91 Å². The lowest BCUT2D eigenvalue weighted by Crippen LogP contribution is -2.68. The molecule has 0 unspecified atom stereocenters. The number of benzene rings is 2. The van der Waals surface area contributed by atoms with Crippen molar-refractivity contribution in [3.63, 3.8) is 0 Å². The minimum atomic E-state index is -1.53. The van der Waals surface area contributed by atoms with Gasteiger partial charge in [0.1, 0.15) is 17.0 Å². The smallest absolute Gasteiger partial charge is 0.226 e. The second kappa shape index (κ2) is 10.2. The molecule has 2 aromatic rings. The number of carbonyl (C=O) groups excluding carboxylic acids is 1. The summed E-state index contributed by atoms with van der Waals surface area (Å²) in [6.07, 6.45) is 1.70. The van der Waals surface area contributed by atoms with E-state index in [0.29, 0.717) is 72.5 Å². The fourth-order valence-electron chi connectivity index (χ4n) is 6.42. The Hall–Kier alpha value is -2.07. The average Bonchev–Trinajstić information content (AvgIpc) is 3.23. The topological polar surface area (TPSA) is 105 Å². The number of nitrogens with zero attached hydrogens (tertiary/aromatic N) is 1. The number of hydrogen-bond acceptors (Lipinski definition) is 6. The van der Waals surface area contributed by atoms with E-state index in [0.717, 1.165) is 0 Å². The zero-order chi connectivity index (χ0) is 26.4. The van der Waals surface area contributed by atoms with Crippen molar-refractivity contribution in [3.05, 3.63) is 58.4 Å². The number of aliphatic hydroxyl groups excluding tert-OH is 1. The zero-order valence-corrected chi connectivity index (χ0v) is 21.7. The first-order valence-electron chi connectivity index (χ1n) is 12.9. The molecular formula is C28H34ClFN2O5. The molecular weight excluding hydrogens is 499 g/mol. The lowest BCUT2D eigenvalue weighted by Gasteiger charge is -2.60. The van der Waals surface area contributed by atoms with Gasteiger partial charge in [-0.3, -0.25) is 4.79 Å². The molecule has 2 aromatic carbocycles. The number of morpholine rings is 1. The predicted octanol–water partition coefficient (Wildman–Crippen LogP) is 3.32. The monoisotopic (exact) mass is 532 g/mol. The number of rotatable bonds is 7. The first-order chi connectivity index (χ1) is 17.7. The first kappa shape index (κ1) is 26.5. The Morgan fingerprint density at radius 1 is 1.30 bits per heavy atom. The molecule has 4 N–H and O–H groups in total. The van der Waals surface area contributed by atoms with E-state index in [9.17, 15) is 15.0 Å². The Bertz CT molecular complexity index is 1170. The van der Waals surface area contributed by atoms with E-state index in [1.54, 1.807) is 42.3 Å². The van der Waals surface area contributed by atoms with Crippen LogP contribution in [-0.4, -0.2) is 66.6 Å². The molecule has 2 aliphatic carbocycles. The van der Waals surface area contributed by atoms with Gasteiger partial charge in [0.25, 0.3) is 0 Å². The van der Waals surface area contributed by atoms with E-state index in [2.05, 4.69) is 0 Å². The number of unbranched alkanes of at least 4 members (excludes halogenated alkanes) is 1. The van der Waals surface area contributed by atoms with Crippen LogP contribution in [0.15, 0.2) is 36.4 Å². The van der Waals surface area contributed by atoms with E-state index < -0.39 is 29.2 Å². The maximum absolute atomic E-state index is 15.4. The quantitative estimate of drug-likeness (QED) is 0.473. The molecule has 0 aromatic heterocycles. The van der Waals surface area contributed by atoms with Crippen molar-refractivity contribution in [1.29, 1.82) is 0 Å². The van der Waals surface area contributed by atoms with Gasteiger partial charge in [0.05, 0.1) is 19.3 Å². The number of halogens is 2. The summed E-state index contributed by atoms with van der Waals surface area (Å²) >= 11 is 6.23. The van der Waals surface area contributed by atoms with Gasteiger partial charge >= 0.3 is 0 Å². The molecule has 1 aliphatic heterocycles. The van der Waals surface area contributed by atoms with Gasteiger partial charge in [-0.25, -0.2) is 4.39 Å². The molecule has 200 valence electrons. The maximum atomic E-state index is 15.4. The number of ether oxygens (including phenoxy) is 2. The lowest BCUT2D eigenvalue weighted by atomic mass is 9.56. The SMILES string of the molecule is COCCCC[C@@]1(O)c2c(ccc(F)c2-c2cccc(Cl)c2)[C@@]12CN(C(=O)[C@H]1C[C@@H](N)[C@@H](O)C1)CCO2. The minimum absolute atomic E-state index is 0.0953. The van der Waals surface area contributed by atoms with Gasteiger partial charge in [-0.05, 0) is 61.4 Å². The summed E-state index contributed by atoms with van der Waals surface area (Å²) in [7, 11) is 1.63. The van der Waals surface area contributed by atoms with Crippen molar-refractivity contribution in [3.8, 4) is 11.1 Å². The third kappa shape index (κ3) is 4.37. The van der Waals surface area contributed by atoms with Gasteiger partial charge < -0.3 is 30.3 Å².